The fraction of sp³-hybridized carbons (Fsp3) is 0.571. The number of carbonyl (C=O) groups excluding carboxylic acids is 1. The van der Waals surface area contributed by atoms with Crippen LogP contribution in [0.1, 0.15) is 6.42 Å². The first-order valence-electron chi connectivity index (χ1n) is 4.05. The van der Waals surface area contributed by atoms with Crippen molar-refractivity contribution in [2.24, 2.45) is 5.73 Å². The van der Waals surface area contributed by atoms with E-state index in [-0.39, 0.29) is 0 Å². The van der Waals surface area contributed by atoms with Crippen molar-refractivity contribution in [1.82, 2.24) is 0 Å². The molecule has 0 aromatic rings. The SMILES string of the molecule is NCCC(OC(=O)C(F)(F)F)(C(=O)O)C(=O)O. The third kappa shape index (κ3) is 3.31. The Hall–Kier alpha value is -1.84. The standard InChI is InChI=1S/C7H8F3NO6/c8-7(9,10)5(16)17-6(1-2-11,3(12)13)4(14)15/h1-2,11H2,(H,12,13)(H,14,15). The fourth-order valence-electron chi connectivity index (χ4n) is 0.863. The molecular weight excluding hydrogens is 251 g/mol. The van der Waals surface area contributed by atoms with Crippen molar-refractivity contribution >= 4 is 17.9 Å². The molecule has 0 amide bonds. The van der Waals surface area contributed by atoms with E-state index in [1.54, 1.807) is 0 Å². The van der Waals surface area contributed by atoms with Crippen molar-refractivity contribution in [3.8, 4) is 0 Å². The van der Waals surface area contributed by atoms with Crippen LogP contribution in [0.3, 0.4) is 0 Å². The Morgan fingerprint density at radius 2 is 1.53 bits per heavy atom. The monoisotopic (exact) mass is 259 g/mol. The van der Waals surface area contributed by atoms with Crippen LogP contribution in [0.25, 0.3) is 0 Å². The summed E-state index contributed by atoms with van der Waals surface area (Å²) in [4.78, 5) is 31.7. The van der Waals surface area contributed by atoms with Crippen LogP contribution in [-0.4, -0.2) is 46.4 Å². The molecule has 0 spiro atoms. The molecule has 0 heterocycles. The highest BCUT2D eigenvalue weighted by atomic mass is 19.4. The summed E-state index contributed by atoms with van der Waals surface area (Å²) in [5.41, 5.74) is 1.54. The quantitative estimate of drug-likeness (QED) is 0.442. The van der Waals surface area contributed by atoms with Gasteiger partial charge in [-0.05, 0) is 6.54 Å². The number of carboxylic acids is 2. The van der Waals surface area contributed by atoms with Crippen molar-refractivity contribution in [1.29, 1.82) is 0 Å². The lowest BCUT2D eigenvalue weighted by molar-refractivity contribution is -0.221. The Kier molecular flexibility index (Phi) is 4.45. The number of ether oxygens (including phenoxy) is 1. The lowest BCUT2D eigenvalue weighted by Crippen LogP contribution is -2.53. The molecule has 0 aromatic heterocycles. The van der Waals surface area contributed by atoms with E-state index in [4.69, 9.17) is 15.9 Å². The zero-order valence-corrected chi connectivity index (χ0v) is 8.15. The maximum Gasteiger partial charge on any atom is 0.490 e. The third-order valence-corrected chi connectivity index (χ3v) is 1.69. The number of rotatable bonds is 5. The number of nitrogens with two attached hydrogens (primary N) is 1. The summed E-state index contributed by atoms with van der Waals surface area (Å²) >= 11 is 0. The molecule has 0 bridgehead atoms. The minimum Gasteiger partial charge on any atom is -0.478 e. The Labute approximate surface area is 92.0 Å². The average molecular weight is 259 g/mol. The highest BCUT2D eigenvalue weighted by Gasteiger charge is 2.55. The van der Waals surface area contributed by atoms with Crippen LogP contribution in [0.4, 0.5) is 13.2 Å². The van der Waals surface area contributed by atoms with Crippen LogP contribution in [0, 0.1) is 0 Å². The van der Waals surface area contributed by atoms with E-state index >= 15 is 0 Å². The topological polar surface area (TPSA) is 127 Å². The summed E-state index contributed by atoms with van der Waals surface area (Å²) in [6.07, 6.45) is -6.48. The largest absolute Gasteiger partial charge is 0.490 e. The van der Waals surface area contributed by atoms with Gasteiger partial charge in [0.15, 0.2) is 0 Å². The lowest BCUT2D eigenvalue weighted by atomic mass is 10.00. The smallest absolute Gasteiger partial charge is 0.478 e. The predicted octanol–water partition coefficient (Wildman–Crippen LogP) is -0.651. The molecule has 4 N–H and O–H groups in total. The van der Waals surface area contributed by atoms with Gasteiger partial charge in [0.05, 0.1) is 0 Å². The molecule has 10 heteroatoms. The molecule has 0 fully saturated rings. The molecule has 0 aromatic carbocycles. The first-order valence-corrected chi connectivity index (χ1v) is 4.05. The predicted molar refractivity (Wildman–Crippen MR) is 43.8 cm³/mol. The van der Waals surface area contributed by atoms with Gasteiger partial charge in [0.1, 0.15) is 0 Å². The van der Waals surface area contributed by atoms with Crippen LogP contribution >= 0.6 is 0 Å². The maximum atomic E-state index is 11.9. The molecule has 0 aliphatic rings. The molecule has 98 valence electrons. The van der Waals surface area contributed by atoms with Crippen LogP contribution in [0.2, 0.25) is 0 Å². The normalized spacial score (nSPS) is 12.0. The molecule has 17 heavy (non-hydrogen) atoms. The Morgan fingerprint density at radius 1 is 1.12 bits per heavy atom. The van der Waals surface area contributed by atoms with Gasteiger partial charge in [-0.2, -0.15) is 13.2 Å². The first kappa shape index (κ1) is 15.2. The average Bonchev–Trinajstić information content (AvgIpc) is 2.14. The maximum absolute atomic E-state index is 11.9. The van der Waals surface area contributed by atoms with Gasteiger partial charge in [-0.15, -0.1) is 0 Å². The van der Waals surface area contributed by atoms with Crippen molar-refractivity contribution in [2.75, 3.05) is 6.54 Å². The minimum atomic E-state index is -5.50. The zero-order chi connectivity index (χ0) is 13.9. The van der Waals surface area contributed by atoms with Gasteiger partial charge in [-0.25, -0.2) is 14.4 Å². The van der Waals surface area contributed by atoms with E-state index in [1.165, 1.54) is 0 Å². The Morgan fingerprint density at radius 3 is 1.76 bits per heavy atom. The number of hydrogen-bond donors (Lipinski definition) is 3. The van der Waals surface area contributed by atoms with Gasteiger partial charge in [0.25, 0.3) is 0 Å². The second-order valence-corrected chi connectivity index (χ2v) is 2.86. The third-order valence-electron chi connectivity index (χ3n) is 1.69. The summed E-state index contributed by atoms with van der Waals surface area (Å²) in [6, 6.07) is 0. The molecule has 0 saturated heterocycles. The van der Waals surface area contributed by atoms with E-state index < -0.39 is 42.7 Å². The minimum absolute atomic E-state index is 0.594. The number of aliphatic carboxylic acids is 2. The number of esters is 1. The summed E-state index contributed by atoms with van der Waals surface area (Å²) in [5.74, 6) is -7.39. The van der Waals surface area contributed by atoms with Gasteiger partial charge in [0.2, 0.25) is 0 Å². The number of carboxylic acid groups (broad SMARTS) is 2. The number of carbonyl (C=O) groups is 3. The molecular formula is C7H8F3NO6. The van der Waals surface area contributed by atoms with Gasteiger partial charge >= 0.3 is 29.7 Å². The van der Waals surface area contributed by atoms with Crippen molar-refractivity contribution in [3.63, 3.8) is 0 Å². The van der Waals surface area contributed by atoms with Crippen LogP contribution < -0.4 is 5.73 Å². The van der Waals surface area contributed by atoms with Gasteiger partial charge < -0.3 is 20.7 Å². The summed E-state index contributed by atoms with van der Waals surface area (Å²) < 4.78 is 39.1. The van der Waals surface area contributed by atoms with Gasteiger partial charge in [-0.3, -0.25) is 0 Å². The first-order chi connectivity index (χ1) is 7.58. The highest BCUT2D eigenvalue weighted by Crippen LogP contribution is 2.24. The lowest BCUT2D eigenvalue weighted by Gasteiger charge is -2.24. The molecule has 0 aliphatic heterocycles. The molecule has 0 unspecified atom stereocenters. The van der Waals surface area contributed by atoms with Gasteiger partial charge in [-0.1, -0.05) is 0 Å². The van der Waals surface area contributed by atoms with E-state index in [0.29, 0.717) is 0 Å². The van der Waals surface area contributed by atoms with E-state index in [2.05, 4.69) is 4.74 Å². The second-order valence-electron chi connectivity index (χ2n) is 2.86. The van der Waals surface area contributed by atoms with Gasteiger partial charge in [0, 0.05) is 6.42 Å². The summed E-state index contributed by atoms with van der Waals surface area (Å²) in [7, 11) is 0. The molecule has 0 atom stereocenters. The van der Waals surface area contributed by atoms with Crippen molar-refractivity contribution < 1.29 is 42.5 Å². The number of hydrogen-bond acceptors (Lipinski definition) is 5. The summed E-state index contributed by atoms with van der Waals surface area (Å²) in [6.45, 7) is -0.594. The van der Waals surface area contributed by atoms with Crippen molar-refractivity contribution in [2.45, 2.75) is 18.2 Å². The molecule has 0 aliphatic carbocycles. The Bertz CT molecular complexity index is 325. The summed E-state index contributed by atoms with van der Waals surface area (Å²) in [5, 5.41) is 17.1. The van der Waals surface area contributed by atoms with Crippen LogP contribution in [0.5, 0.6) is 0 Å². The van der Waals surface area contributed by atoms with E-state index in [1.807, 2.05) is 0 Å². The van der Waals surface area contributed by atoms with Crippen molar-refractivity contribution in [3.05, 3.63) is 0 Å². The van der Waals surface area contributed by atoms with Crippen LogP contribution in [-0.2, 0) is 19.1 Å². The molecule has 7 nitrogen and oxygen atoms in total. The number of alkyl halides is 3. The molecule has 0 saturated carbocycles. The molecule has 0 rings (SSSR count). The van der Waals surface area contributed by atoms with E-state index in [0.717, 1.165) is 0 Å². The zero-order valence-electron chi connectivity index (χ0n) is 8.15. The molecule has 0 radical (unpaired) electrons. The Balaban J connectivity index is 5.27. The van der Waals surface area contributed by atoms with E-state index in [9.17, 15) is 27.6 Å². The number of halogens is 3. The highest BCUT2D eigenvalue weighted by molar-refractivity contribution is 6.03. The second kappa shape index (κ2) is 4.99. The fourth-order valence-corrected chi connectivity index (χ4v) is 0.863. The van der Waals surface area contributed by atoms with Crippen LogP contribution in [0.15, 0.2) is 0 Å².